The minimum absolute atomic E-state index is 0.279. The highest BCUT2D eigenvalue weighted by Gasteiger charge is 2.05. The molecule has 0 spiro atoms. The fraction of sp³-hybridized carbons (Fsp3) is 0.357. The van der Waals surface area contributed by atoms with E-state index in [0.29, 0.717) is 30.1 Å². The maximum absolute atomic E-state index is 12.0. The second-order valence-corrected chi connectivity index (χ2v) is 3.70. The van der Waals surface area contributed by atoms with E-state index < -0.39 is 12.6 Å². The molecule has 0 saturated heterocycles. The minimum atomic E-state index is -1.01. The number of aliphatic carboxylic acids is 1. The summed E-state index contributed by atoms with van der Waals surface area (Å²) < 4.78 is 22.8. The summed E-state index contributed by atoms with van der Waals surface area (Å²) in [5.74, 6) is 0.0397. The van der Waals surface area contributed by atoms with Crippen molar-refractivity contribution in [1.82, 2.24) is 0 Å². The van der Waals surface area contributed by atoms with E-state index >= 15 is 0 Å². The first kappa shape index (κ1) is 15.0. The van der Waals surface area contributed by atoms with Crippen molar-refractivity contribution < 1.29 is 23.8 Å². The van der Waals surface area contributed by atoms with Crippen LogP contribution in [0.5, 0.6) is 11.5 Å². The molecule has 0 radical (unpaired) electrons. The van der Waals surface area contributed by atoms with E-state index in [1.54, 1.807) is 18.2 Å². The van der Waals surface area contributed by atoms with Gasteiger partial charge in [0.15, 0.2) is 11.5 Å². The Hall–Kier alpha value is -2.04. The molecule has 4 nitrogen and oxygen atoms in total. The van der Waals surface area contributed by atoms with Gasteiger partial charge in [0.1, 0.15) is 0 Å². The number of ether oxygens (including phenoxy) is 2. The molecule has 0 atom stereocenters. The van der Waals surface area contributed by atoms with Crippen LogP contribution in [0.1, 0.15) is 18.9 Å². The first-order chi connectivity index (χ1) is 9.17. The van der Waals surface area contributed by atoms with Crippen LogP contribution in [0.2, 0.25) is 0 Å². The monoisotopic (exact) mass is 268 g/mol. The molecule has 1 N–H and O–H groups in total. The highest BCUT2D eigenvalue weighted by Crippen LogP contribution is 2.29. The van der Waals surface area contributed by atoms with Gasteiger partial charge in [-0.1, -0.05) is 6.07 Å². The summed E-state index contributed by atoms with van der Waals surface area (Å²) in [6.45, 7) is 2.15. The van der Waals surface area contributed by atoms with E-state index in [2.05, 4.69) is 0 Å². The Labute approximate surface area is 111 Å². The predicted octanol–water partition coefficient (Wildman–Crippen LogP) is 2.92. The molecule has 104 valence electrons. The molecule has 1 aromatic carbocycles. The Morgan fingerprint density at radius 3 is 2.79 bits per heavy atom. The van der Waals surface area contributed by atoms with Crippen molar-refractivity contribution in [3.05, 3.63) is 29.8 Å². The van der Waals surface area contributed by atoms with E-state index in [-0.39, 0.29) is 6.61 Å². The van der Waals surface area contributed by atoms with Crippen LogP contribution >= 0.6 is 0 Å². The molecule has 0 unspecified atom stereocenters. The fourth-order valence-corrected chi connectivity index (χ4v) is 1.42. The van der Waals surface area contributed by atoms with Gasteiger partial charge in [0.25, 0.3) is 0 Å². The summed E-state index contributed by atoms with van der Waals surface area (Å²) >= 11 is 0. The summed E-state index contributed by atoms with van der Waals surface area (Å²) in [6.07, 6.45) is 2.84. The Kier molecular flexibility index (Phi) is 6.43. The van der Waals surface area contributed by atoms with Crippen molar-refractivity contribution >= 4 is 12.0 Å². The fourth-order valence-electron chi connectivity index (χ4n) is 1.42. The summed E-state index contributed by atoms with van der Waals surface area (Å²) in [6, 6.07) is 5.09. The molecule has 1 aromatic rings. The van der Waals surface area contributed by atoms with Crippen molar-refractivity contribution in [2.45, 2.75) is 13.3 Å². The molecule has 0 heterocycles. The molecule has 0 aromatic heterocycles. The Balaban J connectivity index is 2.84. The highest BCUT2D eigenvalue weighted by molar-refractivity contribution is 5.85. The second-order valence-electron chi connectivity index (χ2n) is 3.70. The first-order valence-electron chi connectivity index (χ1n) is 6.04. The number of benzene rings is 1. The van der Waals surface area contributed by atoms with Gasteiger partial charge in [-0.05, 0) is 30.7 Å². The van der Waals surface area contributed by atoms with Crippen molar-refractivity contribution in [1.29, 1.82) is 0 Å². The molecule has 0 aliphatic heterocycles. The number of rotatable bonds is 8. The van der Waals surface area contributed by atoms with E-state index in [0.717, 1.165) is 6.08 Å². The molecule has 0 fully saturated rings. The van der Waals surface area contributed by atoms with Crippen LogP contribution in [-0.2, 0) is 4.79 Å². The number of carboxylic acid groups (broad SMARTS) is 1. The van der Waals surface area contributed by atoms with E-state index in [9.17, 15) is 9.18 Å². The van der Waals surface area contributed by atoms with Gasteiger partial charge in [0.2, 0.25) is 0 Å². The summed E-state index contributed by atoms with van der Waals surface area (Å²) in [4.78, 5) is 10.4. The number of halogens is 1. The largest absolute Gasteiger partial charge is 0.490 e. The smallest absolute Gasteiger partial charge is 0.328 e. The predicted molar refractivity (Wildman–Crippen MR) is 70.4 cm³/mol. The molecule has 0 bridgehead atoms. The first-order valence-corrected chi connectivity index (χ1v) is 6.04. The van der Waals surface area contributed by atoms with Crippen molar-refractivity contribution in [3.8, 4) is 11.5 Å². The van der Waals surface area contributed by atoms with Gasteiger partial charge in [0.05, 0.1) is 19.9 Å². The van der Waals surface area contributed by atoms with Gasteiger partial charge in [-0.2, -0.15) is 0 Å². The summed E-state index contributed by atoms with van der Waals surface area (Å²) in [5, 5.41) is 8.57. The van der Waals surface area contributed by atoms with Gasteiger partial charge >= 0.3 is 5.97 Å². The van der Waals surface area contributed by atoms with E-state index in [4.69, 9.17) is 14.6 Å². The van der Waals surface area contributed by atoms with Crippen LogP contribution in [0, 0.1) is 0 Å². The third-order valence-electron chi connectivity index (χ3n) is 2.22. The molecular weight excluding hydrogens is 251 g/mol. The average molecular weight is 268 g/mol. The minimum Gasteiger partial charge on any atom is -0.490 e. The number of hydrogen-bond acceptors (Lipinski definition) is 3. The van der Waals surface area contributed by atoms with E-state index in [1.165, 1.54) is 6.08 Å². The van der Waals surface area contributed by atoms with Crippen molar-refractivity contribution in [2.24, 2.45) is 0 Å². The van der Waals surface area contributed by atoms with Crippen LogP contribution in [-0.4, -0.2) is 31.0 Å². The second kappa shape index (κ2) is 8.13. The third-order valence-corrected chi connectivity index (χ3v) is 2.22. The number of carboxylic acids is 1. The van der Waals surface area contributed by atoms with Gasteiger partial charge in [0, 0.05) is 12.5 Å². The number of alkyl halides is 1. The maximum Gasteiger partial charge on any atom is 0.328 e. The Morgan fingerprint density at radius 1 is 1.37 bits per heavy atom. The average Bonchev–Trinajstić information content (AvgIpc) is 2.39. The van der Waals surface area contributed by atoms with Crippen LogP contribution < -0.4 is 9.47 Å². The number of carbonyl (C=O) groups is 1. The van der Waals surface area contributed by atoms with Crippen molar-refractivity contribution in [3.63, 3.8) is 0 Å². The van der Waals surface area contributed by atoms with E-state index in [1.807, 2.05) is 6.92 Å². The van der Waals surface area contributed by atoms with Crippen LogP contribution in [0.3, 0.4) is 0 Å². The maximum atomic E-state index is 12.0. The lowest BCUT2D eigenvalue weighted by atomic mass is 10.2. The molecule has 0 aliphatic carbocycles. The van der Waals surface area contributed by atoms with Gasteiger partial charge in [-0.25, -0.2) is 4.79 Å². The van der Waals surface area contributed by atoms with Crippen molar-refractivity contribution in [2.75, 3.05) is 19.9 Å². The topological polar surface area (TPSA) is 55.8 Å². The highest BCUT2D eigenvalue weighted by atomic mass is 19.1. The zero-order valence-electron chi connectivity index (χ0n) is 10.8. The standard InChI is InChI=1S/C14H17FO4/c1-2-18-13-10-11(5-7-14(16)17)4-6-12(13)19-9-3-8-15/h4-7,10H,2-3,8-9H2,1H3,(H,16,17)/b7-5+. The van der Waals surface area contributed by atoms with Crippen LogP contribution in [0.25, 0.3) is 6.08 Å². The van der Waals surface area contributed by atoms with Crippen LogP contribution in [0.15, 0.2) is 24.3 Å². The summed E-state index contributed by atoms with van der Waals surface area (Å²) in [5.41, 5.74) is 0.698. The van der Waals surface area contributed by atoms with Gasteiger partial charge in [-0.15, -0.1) is 0 Å². The van der Waals surface area contributed by atoms with Crippen LogP contribution in [0.4, 0.5) is 4.39 Å². The van der Waals surface area contributed by atoms with Gasteiger partial charge < -0.3 is 14.6 Å². The lowest BCUT2D eigenvalue weighted by molar-refractivity contribution is -0.131. The lowest BCUT2D eigenvalue weighted by Gasteiger charge is -2.12. The molecule has 1 rings (SSSR count). The lowest BCUT2D eigenvalue weighted by Crippen LogP contribution is -2.01. The molecule has 0 saturated carbocycles. The molecular formula is C14H17FO4. The normalized spacial score (nSPS) is 10.6. The Morgan fingerprint density at radius 2 is 2.16 bits per heavy atom. The summed E-state index contributed by atoms with van der Waals surface area (Å²) in [7, 11) is 0. The quantitative estimate of drug-likeness (QED) is 0.582. The zero-order valence-corrected chi connectivity index (χ0v) is 10.8. The Bertz CT molecular complexity index is 443. The number of hydrogen-bond donors (Lipinski definition) is 1. The molecule has 19 heavy (non-hydrogen) atoms. The van der Waals surface area contributed by atoms with Gasteiger partial charge in [-0.3, -0.25) is 4.39 Å². The molecule has 5 heteroatoms. The molecule has 0 amide bonds. The SMILES string of the molecule is CCOc1cc(/C=C/C(=O)O)ccc1OCCCF. The molecule has 0 aliphatic rings. The third kappa shape index (κ3) is 5.42. The zero-order chi connectivity index (χ0) is 14.1.